The fraction of sp³-hybridized carbons (Fsp3) is 0.375. The van der Waals surface area contributed by atoms with E-state index in [-0.39, 0.29) is 37.7 Å². The van der Waals surface area contributed by atoms with Gasteiger partial charge in [-0.05, 0) is 37.1 Å². The molecule has 24 heavy (non-hydrogen) atoms. The first-order valence-corrected chi connectivity index (χ1v) is 7.37. The number of carbonyl (C=O) groups is 4. The highest BCUT2D eigenvalue weighted by Crippen LogP contribution is 2.29. The zero-order chi connectivity index (χ0) is 17.9. The molecule has 2 rings (SSSR count). The Morgan fingerprint density at radius 1 is 1.38 bits per heavy atom. The van der Waals surface area contributed by atoms with Crippen molar-refractivity contribution in [3.8, 4) is 5.75 Å². The van der Waals surface area contributed by atoms with Crippen LogP contribution in [0.25, 0.3) is 0 Å². The molecule has 0 bridgehead atoms. The number of aliphatic carboxylic acids is 1. The maximum absolute atomic E-state index is 12.4. The van der Waals surface area contributed by atoms with Crippen LogP contribution >= 0.6 is 0 Å². The van der Waals surface area contributed by atoms with Crippen molar-refractivity contribution in [2.24, 2.45) is 5.73 Å². The Labute approximate surface area is 138 Å². The number of primary amides is 1. The lowest BCUT2D eigenvalue weighted by molar-refractivity contribution is -0.137. The van der Waals surface area contributed by atoms with Crippen LogP contribution in [0.5, 0.6) is 5.75 Å². The number of hydrogen-bond acceptors (Lipinski definition) is 5. The van der Waals surface area contributed by atoms with Gasteiger partial charge in [0.05, 0.1) is 0 Å². The Balaban J connectivity index is 2.17. The molecule has 0 saturated heterocycles. The molecule has 128 valence electrons. The van der Waals surface area contributed by atoms with Crippen molar-refractivity contribution in [3.05, 3.63) is 29.3 Å². The number of carbonyl (C=O) groups excluding carboxylic acids is 3. The van der Waals surface area contributed by atoms with Gasteiger partial charge in [-0.1, -0.05) is 0 Å². The summed E-state index contributed by atoms with van der Waals surface area (Å²) in [6.07, 6.45) is -0.307. The number of carboxylic acids is 1. The number of hydrogen-bond donors (Lipinski definition) is 2. The van der Waals surface area contributed by atoms with Gasteiger partial charge in [0.25, 0.3) is 5.91 Å². The van der Waals surface area contributed by atoms with Crippen LogP contribution in [0.15, 0.2) is 18.2 Å². The summed E-state index contributed by atoms with van der Waals surface area (Å²) in [5, 5.41) is 8.77. The van der Waals surface area contributed by atoms with Crippen LogP contribution in [0.3, 0.4) is 0 Å². The van der Waals surface area contributed by atoms with Gasteiger partial charge in [-0.25, -0.2) is 0 Å². The molecule has 1 heterocycles. The molecular formula is C16H18N2O6. The fourth-order valence-electron chi connectivity index (χ4n) is 2.56. The smallest absolute Gasteiger partial charge is 0.303 e. The summed E-state index contributed by atoms with van der Waals surface area (Å²) in [5.74, 6) is -1.87. The first-order chi connectivity index (χ1) is 11.3. The van der Waals surface area contributed by atoms with E-state index in [1.165, 1.54) is 11.8 Å². The maximum atomic E-state index is 12.4. The molecule has 0 saturated carbocycles. The van der Waals surface area contributed by atoms with Gasteiger partial charge < -0.3 is 20.5 Å². The number of Topliss-reactive ketones (excluding diaryl/α,β-unsaturated/α-hetero) is 1. The highest BCUT2D eigenvalue weighted by atomic mass is 16.5. The number of amides is 2. The monoisotopic (exact) mass is 334 g/mol. The highest BCUT2D eigenvalue weighted by molar-refractivity contribution is 6.01. The Morgan fingerprint density at radius 2 is 2.08 bits per heavy atom. The molecule has 1 aliphatic rings. The van der Waals surface area contributed by atoms with Gasteiger partial charge in [-0.3, -0.25) is 19.2 Å². The Kier molecular flexibility index (Phi) is 5.18. The van der Waals surface area contributed by atoms with E-state index in [9.17, 15) is 19.2 Å². The second kappa shape index (κ2) is 7.12. The fourth-order valence-corrected chi connectivity index (χ4v) is 2.56. The van der Waals surface area contributed by atoms with Crippen molar-refractivity contribution in [2.45, 2.75) is 32.4 Å². The third-order valence-electron chi connectivity index (χ3n) is 3.69. The first-order valence-electron chi connectivity index (χ1n) is 7.37. The number of ketones is 1. The van der Waals surface area contributed by atoms with E-state index >= 15 is 0 Å². The summed E-state index contributed by atoms with van der Waals surface area (Å²) in [7, 11) is 0. The molecule has 0 spiro atoms. The number of nitrogens with two attached hydrogens (primary N) is 1. The molecule has 1 atom stereocenters. The van der Waals surface area contributed by atoms with Gasteiger partial charge in [-0.15, -0.1) is 0 Å². The summed E-state index contributed by atoms with van der Waals surface area (Å²) in [5.41, 5.74) is 6.37. The molecule has 8 heteroatoms. The van der Waals surface area contributed by atoms with Crippen molar-refractivity contribution in [1.82, 2.24) is 4.90 Å². The molecule has 0 aromatic heterocycles. The number of rotatable bonds is 8. The van der Waals surface area contributed by atoms with Gasteiger partial charge in [0.1, 0.15) is 18.4 Å². The molecule has 8 nitrogen and oxygen atoms in total. The van der Waals surface area contributed by atoms with Gasteiger partial charge in [0, 0.05) is 18.5 Å². The molecular weight excluding hydrogens is 316 g/mol. The lowest BCUT2D eigenvalue weighted by Crippen LogP contribution is -2.45. The highest BCUT2D eigenvalue weighted by Gasteiger charge is 2.35. The summed E-state index contributed by atoms with van der Waals surface area (Å²) >= 11 is 0. The molecule has 0 fully saturated rings. The van der Waals surface area contributed by atoms with Crippen molar-refractivity contribution in [1.29, 1.82) is 0 Å². The van der Waals surface area contributed by atoms with E-state index in [1.54, 1.807) is 18.2 Å². The molecule has 3 N–H and O–H groups in total. The first kappa shape index (κ1) is 17.5. The Hall–Kier alpha value is -2.90. The predicted molar refractivity (Wildman–Crippen MR) is 82.3 cm³/mol. The van der Waals surface area contributed by atoms with Crippen LogP contribution < -0.4 is 10.5 Å². The molecule has 2 amide bonds. The number of ether oxygens (including phenoxy) is 1. The van der Waals surface area contributed by atoms with Crippen molar-refractivity contribution in [2.75, 3.05) is 6.61 Å². The lowest BCUT2D eigenvalue weighted by Gasteiger charge is -2.24. The van der Waals surface area contributed by atoms with Gasteiger partial charge >= 0.3 is 5.97 Å². The minimum atomic E-state index is -1.06. The second-order valence-electron chi connectivity index (χ2n) is 5.59. The third kappa shape index (κ3) is 3.89. The van der Waals surface area contributed by atoms with E-state index in [1.807, 2.05) is 0 Å². The molecule has 0 aliphatic carbocycles. The van der Waals surface area contributed by atoms with Crippen LogP contribution in [0.4, 0.5) is 0 Å². The topological polar surface area (TPSA) is 127 Å². The predicted octanol–water partition coefficient (Wildman–Crippen LogP) is 0.329. The van der Waals surface area contributed by atoms with Crippen LogP contribution in [0, 0.1) is 0 Å². The average Bonchev–Trinajstić information content (AvgIpc) is 2.81. The summed E-state index contributed by atoms with van der Waals surface area (Å²) < 4.78 is 5.30. The van der Waals surface area contributed by atoms with Gasteiger partial charge in [-0.2, -0.15) is 0 Å². The summed E-state index contributed by atoms with van der Waals surface area (Å²) in [4.78, 5) is 47.0. The van der Waals surface area contributed by atoms with Crippen molar-refractivity contribution >= 4 is 23.6 Å². The van der Waals surface area contributed by atoms with Crippen molar-refractivity contribution < 1.29 is 29.0 Å². The van der Waals surface area contributed by atoms with Crippen LogP contribution in [0.2, 0.25) is 0 Å². The molecule has 1 aromatic rings. The second-order valence-corrected chi connectivity index (χ2v) is 5.59. The largest absolute Gasteiger partial charge is 0.486 e. The zero-order valence-corrected chi connectivity index (χ0v) is 13.2. The number of benzene rings is 1. The Bertz CT molecular complexity index is 700. The summed E-state index contributed by atoms with van der Waals surface area (Å²) in [6, 6.07) is 3.77. The van der Waals surface area contributed by atoms with Gasteiger partial charge in [0.2, 0.25) is 5.91 Å². The lowest BCUT2D eigenvalue weighted by atomic mass is 10.1. The maximum Gasteiger partial charge on any atom is 0.303 e. The van der Waals surface area contributed by atoms with E-state index in [2.05, 4.69) is 0 Å². The molecule has 0 radical (unpaired) electrons. The van der Waals surface area contributed by atoms with E-state index in [4.69, 9.17) is 15.6 Å². The molecule has 1 aliphatic heterocycles. The number of fused-ring (bicyclic) bond motifs is 1. The number of carboxylic acid groups (broad SMARTS) is 1. The minimum absolute atomic E-state index is 0.0436. The zero-order valence-electron chi connectivity index (χ0n) is 13.2. The average molecular weight is 334 g/mol. The normalized spacial score (nSPS) is 14.2. The number of nitrogens with zero attached hydrogens (tertiary/aromatic N) is 1. The SMILES string of the molecule is CC(=O)COc1ccc2c(c1)CN(C(CCC(=O)O)C(N)=O)C2=O. The molecule has 1 unspecified atom stereocenters. The van der Waals surface area contributed by atoms with Crippen molar-refractivity contribution in [3.63, 3.8) is 0 Å². The van der Waals surface area contributed by atoms with E-state index < -0.39 is 17.9 Å². The van der Waals surface area contributed by atoms with Gasteiger partial charge in [0.15, 0.2) is 5.78 Å². The quantitative estimate of drug-likeness (QED) is 0.705. The standard InChI is InChI=1S/C16H18N2O6/c1-9(19)8-24-11-2-3-12-10(6-11)7-18(16(12)23)13(15(17)22)4-5-14(20)21/h2-3,6,13H,4-5,7-8H2,1H3,(H2,17,22)(H,20,21). The van der Waals surface area contributed by atoms with E-state index in [0.717, 1.165) is 0 Å². The minimum Gasteiger partial charge on any atom is -0.486 e. The third-order valence-corrected chi connectivity index (χ3v) is 3.69. The van der Waals surface area contributed by atoms with Crippen LogP contribution in [-0.2, 0) is 20.9 Å². The summed E-state index contributed by atoms with van der Waals surface area (Å²) in [6.45, 7) is 1.47. The van der Waals surface area contributed by atoms with Crippen LogP contribution in [-0.4, -0.2) is 46.2 Å². The van der Waals surface area contributed by atoms with Crippen LogP contribution in [0.1, 0.15) is 35.7 Å². The Morgan fingerprint density at radius 3 is 2.67 bits per heavy atom. The molecule has 1 aromatic carbocycles. The van der Waals surface area contributed by atoms with E-state index in [0.29, 0.717) is 16.9 Å².